The van der Waals surface area contributed by atoms with Gasteiger partial charge in [0.25, 0.3) is 0 Å². The van der Waals surface area contributed by atoms with E-state index in [-0.39, 0.29) is 18.3 Å². The number of hydrogen-bond acceptors (Lipinski definition) is 2. The van der Waals surface area contributed by atoms with Crippen molar-refractivity contribution in [1.29, 1.82) is 0 Å². The van der Waals surface area contributed by atoms with E-state index in [9.17, 15) is 4.79 Å². The molecule has 0 aromatic heterocycles. The Hall–Kier alpha value is -0.280. The molecule has 0 bridgehead atoms. The number of hydrogen-bond donors (Lipinski definition) is 2. The highest BCUT2D eigenvalue weighted by Gasteiger charge is 2.19. The molecule has 1 aliphatic heterocycles. The molecule has 16 heavy (non-hydrogen) atoms. The Kier molecular flexibility index (Phi) is 6.14. The highest BCUT2D eigenvalue weighted by molar-refractivity contribution is 5.85. The maximum atomic E-state index is 11.6. The second-order valence-electron chi connectivity index (χ2n) is 4.95. The number of amides is 1. The lowest BCUT2D eigenvalue weighted by molar-refractivity contribution is -0.122. The average molecular weight is 247 g/mol. The molecule has 2 rings (SSSR count). The zero-order chi connectivity index (χ0) is 10.5. The zero-order valence-electron chi connectivity index (χ0n) is 9.84. The molecule has 1 heterocycles. The lowest BCUT2D eigenvalue weighted by Gasteiger charge is -2.12. The Morgan fingerprint density at radius 2 is 2.00 bits per heavy atom. The van der Waals surface area contributed by atoms with Crippen molar-refractivity contribution in [1.82, 2.24) is 10.6 Å². The minimum atomic E-state index is 0. The van der Waals surface area contributed by atoms with Crippen molar-refractivity contribution in [3.63, 3.8) is 0 Å². The first kappa shape index (κ1) is 13.8. The van der Waals surface area contributed by atoms with Gasteiger partial charge in [0.2, 0.25) is 5.91 Å². The molecule has 94 valence electrons. The molecule has 3 nitrogen and oxygen atoms in total. The summed E-state index contributed by atoms with van der Waals surface area (Å²) in [6.45, 7) is 2.00. The van der Waals surface area contributed by atoms with Crippen molar-refractivity contribution in [3.8, 4) is 0 Å². The highest BCUT2D eigenvalue weighted by atomic mass is 35.5. The zero-order valence-corrected chi connectivity index (χ0v) is 10.7. The molecule has 1 atom stereocenters. The van der Waals surface area contributed by atoms with Crippen LogP contribution < -0.4 is 10.6 Å². The van der Waals surface area contributed by atoms with Crippen molar-refractivity contribution in [2.75, 3.05) is 13.1 Å². The predicted octanol–water partition coefficient (Wildman–Crippen LogP) is 1.86. The molecule has 1 unspecified atom stereocenters. The number of carbonyl (C=O) groups is 1. The quantitative estimate of drug-likeness (QED) is 0.795. The maximum Gasteiger partial charge on any atom is 0.220 e. The van der Waals surface area contributed by atoms with Gasteiger partial charge in [-0.2, -0.15) is 0 Å². The second kappa shape index (κ2) is 7.13. The first-order chi connectivity index (χ1) is 7.34. The van der Waals surface area contributed by atoms with Crippen LogP contribution in [0.25, 0.3) is 0 Å². The van der Waals surface area contributed by atoms with E-state index in [4.69, 9.17) is 0 Å². The summed E-state index contributed by atoms with van der Waals surface area (Å²) in [4.78, 5) is 11.6. The van der Waals surface area contributed by atoms with Gasteiger partial charge in [0.05, 0.1) is 0 Å². The minimum absolute atomic E-state index is 0. The smallest absolute Gasteiger partial charge is 0.220 e. The van der Waals surface area contributed by atoms with Gasteiger partial charge in [-0.15, -0.1) is 12.4 Å². The Morgan fingerprint density at radius 1 is 1.25 bits per heavy atom. The Balaban J connectivity index is 0.00000128. The second-order valence-corrected chi connectivity index (χ2v) is 4.95. The van der Waals surface area contributed by atoms with E-state index in [0.29, 0.717) is 6.04 Å². The predicted molar refractivity (Wildman–Crippen MR) is 67.9 cm³/mol. The molecule has 1 amide bonds. The third kappa shape index (κ3) is 4.30. The molecule has 1 aliphatic carbocycles. The first-order valence-corrected chi connectivity index (χ1v) is 6.34. The molecule has 0 aromatic carbocycles. The van der Waals surface area contributed by atoms with E-state index in [1.165, 1.54) is 25.7 Å². The maximum absolute atomic E-state index is 11.6. The van der Waals surface area contributed by atoms with Crippen molar-refractivity contribution < 1.29 is 4.79 Å². The molecule has 1 saturated carbocycles. The van der Waals surface area contributed by atoms with Crippen LogP contribution >= 0.6 is 12.4 Å². The van der Waals surface area contributed by atoms with E-state index in [2.05, 4.69) is 10.6 Å². The van der Waals surface area contributed by atoms with Crippen molar-refractivity contribution in [3.05, 3.63) is 0 Å². The molecule has 4 heteroatoms. The van der Waals surface area contributed by atoms with Crippen LogP contribution in [0.5, 0.6) is 0 Å². The van der Waals surface area contributed by atoms with Crippen LogP contribution in [0, 0.1) is 5.92 Å². The van der Waals surface area contributed by atoms with Crippen LogP contribution in [0.2, 0.25) is 0 Å². The topological polar surface area (TPSA) is 41.1 Å². The molecule has 2 aliphatic rings. The van der Waals surface area contributed by atoms with E-state index >= 15 is 0 Å². The minimum Gasteiger partial charge on any atom is -0.352 e. The van der Waals surface area contributed by atoms with Gasteiger partial charge in [-0.1, -0.05) is 25.7 Å². The summed E-state index contributed by atoms with van der Waals surface area (Å²) in [7, 11) is 0. The lowest BCUT2D eigenvalue weighted by Crippen LogP contribution is -2.36. The highest BCUT2D eigenvalue weighted by Crippen LogP contribution is 2.28. The van der Waals surface area contributed by atoms with Gasteiger partial charge in [-0.25, -0.2) is 0 Å². The summed E-state index contributed by atoms with van der Waals surface area (Å²) >= 11 is 0. The van der Waals surface area contributed by atoms with Gasteiger partial charge in [-0.05, 0) is 25.3 Å². The third-order valence-corrected chi connectivity index (χ3v) is 3.68. The van der Waals surface area contributed by atoms with Crippen molar-refractivity contribution >= 4 is 18.3 Å². The molecule has 0 radical (unpaired) electrons. The number of carbonyl (C=O) groups excluding carboxylic acids is 1. The summed E-state index contributed by atoms with van der Waals surface area (Å²) in [6.07, 6.45) is 8.37. The largest absolute Gasteiger partial charge is 0.352 e. The number of halogens is 1. The van der Waals surface area contributed by atoms with Crippen LogP contribution in [0.1, 0.15) is 44.9 Å². The lowest BCUT2D eigenvalue weighted by atomic mass is 10.0. The first-order valence-electron chi connectivity index (χ1n) is 6.34. The molecule has 1 saturated heterocycles. The molecule has 0 spiro atoms. The Morgan fingerprint density at radius 3 is 2.62 bits per heavy atom. The van der Waals surface area contributed by atoms with Gasteiger partial charge in [-0.3, -0.25) is 4.79 Å². The fourth-order valence-corrected chi connectivity index (χ4v) is 2.71. The summed E-state index contributed by atoms with van der Waals surface area (Å²) < 4.78 is 0. The van der Waals surface area contributed by atoms with Crippen molar-refractivity contribution in [2.45, 2.75) is 51.0 Å². The van der Waals surface area contributed by atoms with Gasteiger partial charge < -0.3 is 10.6 Å². The van der Waals surface area contributed by atoms with Gasteiger partial charge in [0.1, 0.15) is 0 Å². The molecule has 2 N–H and O–H groups in total. The van der Waals surface area contributed by atoms with Crippen LogP contribution in [-0.4, -0.2) is 25.0 Å². The van der Waals surface area contributed by atoms with Crippen LogP contribution in [0.4, 0.5) is 0 Å². The molecular formula is C12H23ClN2O. The van der Waals surface area contributed by atoms with E-state index < -0.39 is 0 Å². The molecule has 0 aromatic rings. The third-order valence-electron chi connectivity index (χ3n) is 3.68. The number of rotatable bonds is 4. The van der Waals surface area contributed by atoms with Crippen molar-refractivity contribution in [2.24, 2.45) is 5.92 Å². The fraction of sp³-hybridized carbons (Fsp3) is 0.917. The van der Waals surface area contributed by atoms with E-state index in [1.807, 2.05) is 0 Å². The summed E-state index contributed by atoms with van der Waals surface area (Å²) in [5, 5.41) is 6.36. The van der Waals surface area contributed by atoms with Gasteiger partial charge >= 0.3 is 0 Å². The molecular weight excluding hydrogens is 224 g/mol. The average Bonchev–Trinajstić information content (AvgIpc) is 2.86. The summed E-state index contributed by atoms with van der Waals surface area (Å²) in [5.41, 5.74) is 0. The monoisotopic (exact) mass is 246 g/mol. The van der Waals surface area contributed by atoms with Crippen LogP contribution in [0.3, 0.4) is 0 Å². The van der Waals surface area contributed by atoms with E-state index in [1.54, 1.807) is 0 Å². The SMILES string of the molecule is Cl.O=C(CCC1CCCC1)NC1CCNC1. The molecule has 2 fully saturated rings. The van der Waals surface area contributed by atoms with E-state index in [0.717, 1.165) is 38.3 Å². The van der Waals surface area contributed by atoms with Gasteiger partial charge in [0.15, 0.2) is 0 Å². The fourth-order valence-electron chi connectivity index (χ4n) is 2.71. The number of nitrogens with one attached hydrogen (secondary N) is 2. The van der Waals surface area contributed by atoms with Gasteiger partial charge in [0, 0.05) is 19.0 Å². The standard InChI is InChI=1S/C12H22N2O.ClH/c15-12(14-11-7-8-13-9-11)6-5-10-3-1-2-4-10;/h10-11,13H,1-9H2,(H,14,15);1H. The normalized spacial score (nSPS) is 25.4. The summed E-state index contributed by atoms with van der Waals surface area (Å²) in [6, 6.07) is 0.390. The summed E-state index contributed by atoms with van der Waals surface area (Å²) in [5.74, 6) is 1.09. The van der Waals surface area contributed by atoms with Crippen LogP contribution in [0.15, 0.2) is 0 Å². The Labute approximate surface area is 104 Å². The Bertz CT molecular complexity index is 211. The van der Waals surface area contributed by atoms with Crippen LogP contribution in [-0.2, 0) is 4.79 Å².